The Morgan fingerprint density at radius 3 is 2.05 bits per heavy atom. The van der Waals surface area contributed by atoms with Crippen LogP contribution in [0.2, 0.25) is 0 Å². The van der Waals surface area contributed by atoms with E-state index < -0.39 is 0 Å². The average molecular weight is 300 g/mol. The smallest absolute Gasteiger partial charge is 0.171 e. The van der Waals surface area contributed by atoms with Gasteiger partial charge in [0.15, 0.2) is 5.11 Å². The Morgan fingerprint density at radius 1 is 0.905 bits per heavy atom. The van der Waals surface area contributed by atoms with Gasteiger partial charge in [0, 0.05) is 11.2 Å². The van der Waals surface area contributed by atoms with Crippen molar-refractivity contribution < 1.29 is 4.74 Å². The summed E-state index contributed by atoms with van der Waals surface area (Å²) < 4.78 is 5.74. The maximum absolute atomic E-state index is 5.74. The zero-order valence-corrected chi connectivity index (χ0v) is 13.3. The van der Waals surface area contributed by atoms with E-state index in [1.807, 2.05) is 54.6 Å². The largest absolute Gasteiger partial charge is 0.457 e. The number of rotatable bonds is 3. The lowest BCUT2D eigenvalue weighted by Crippen LogP contribution is -2.42. The molecule has 0 atom stereocenters. The minimum Gasteiger partial charge on any atom is -0.457 e. The molecule has 0 radical (unpaired) electrons. The van der Waals surface area contributed by atoms with Crippen LogP contribution in [-0.2, 0) is 0 Å². The number of thiocarbonyl (C=S) groups is 1. The van der Waals surface area contributed by atoms with Crippen molar-refractivity contribution in [2.24, 2.45) is 0 Å². The summed E-state index contributed by atoms with van der Waals surface area (Å²) in [6, 6.07) is 17.4. The molecule has 0 heterocycles. The Hall–Kier alpha value is -2.07. The molecule has 0 aliphatic carbocycles. The Balaban J connectivity index is 1.95. The van der Waals surface area contributed by atoms with Crippen molar-refractivity contribution in [2.45, 2.75) is 26.3 Å². The van der Waals surface area contributed by atoms with Gasteiger partial charge in [0.2, 0.25) is 0 Å². The fourth-order valence-corrected chi connectivity index (χ4v) is 2.16. The molecule has 2 aromatic carbocycles. The molecule has 0 fully saturated rings. The summed E-state index contributed by atoms with van der Waals surface area (Å²) in [6.07, 6.45) is 0. The van der Waals surface area contributed by atoms with Gasteiger partial charge in [0.05, 0.1) is 0 Å². The number of hydrogen-bond donors (Lipinski definition) is 2. The maximum Gasteiger partial charge on any atom is 0.171 e. The second-order valence-electron chi connectivity index (χ2n) is 5.77. The third-order valence-corrected chi connectivity index (χ3v) is 2.78. The lowest BCUT2D eigenvalue weighted by atomic mass is 10.1. The SMILES string of the molecule is CC(C)(C)NC(=S)Nc1ccc(Oc2ccccc2)cc1. The molecule has 0 saturated carbocycles. The highest BCUT2D eigenvalue weighted by atomic mass is 32.1. The van der Waals surface area contributed by atoms with E-state index in [-0.39, 0.29) is 5.54 Å². The first-order valence-corrected chi connectivity index (χ1v) is 7.25. The minimum absolute atomic E-state index is 0.0551. The summed E-state index contributed by atoms with van der Waals surface area (Å²) in [4.78, 5) is 0. The number of anilines is 1. The molecule has 2 rings (SSSR count). The lowest BCUT2D eigenvalue weighted by Gasteiger charge is -2.23. The summed E-state index contributed by atoms with van der Waals surface area (Å²) in [5.74, 6) is 1.62. The molecule has 21 heavy (non-hydrogen) atoms. The number of ether oxygens (including phenoxy) is 1. The van der Waals surface area contributed by atoms with Crippen LogP contribution >= 0.6 is 12.2 Å². The van der Waals surface area contributed by atoms with Crippen LogP contribution in [0.4, 0.5) is 5.69 Å². The Bertz CT molecular complexity index is 588. The molecule has 0 unspecified atom stereocenters. The molecule has 2 aromatic rings. The van der Waals surface area contributed by atoms with Gasteiger partial charge in [0.25, 0.3) is 0 Å². The molecule has 0 aliphatic rings. The molecule has 0 aliphatic heterocycles. The van der Waals surface area contributed by atoms with Gasteiger partial charge in [0.1, 0.15) is 11.5 Å². The van der Waals surface area contributed by atoms with Crippen molar-refractivity contribution in [1.82, 2.24) is 5.32 Å². The average Bonchev–Trinajstić information content (AvgIpc) is 2.40. The highest BCUT2D eigenvalue weighted by molar-refractivity contribution is 7.80. The van der Waals surface area contributed by atoms with E-state index in [0.29, 0.717) is 5.11 Å². The van der Waals surface area contributed by atoms with E-state index in [2.05, 4.69) is 31.4 Å². The van der Waals surface area contributed by atoms with Crippen LogP contribution in [0.1, 0.15) is 20.8 Å². The minimum atomic E-state index is -0.0551. The molecule has 0 saturated heterocycles. The first-order chi connectivity index (χ1) is 9.92. The van der Waals surface area contributed by atoms with Crippen LogP contribution in [0.15, 0.2) is 54.6 Å². The molecule has 2 N–H and O–H groups in total. The Labute approximate surface area is 131 Å². The van der Waals surface area contributed by atoms with Gasteiger partial charge in [-0.15, -0.1) is 0 Å². The van der Waals surface area contributed by atoms with Gasteiger partial charge >= 0.3 is 0 Å². The molecule has 0 bridgehead atoms. The lowest BCUT2D eigenvalue weighted by molar-refractivity contribution is 0.483. The predicted molar refractivity (Wildman–Crippen MR) is 92.1 cm³/mol. The molecular weight excluding hydrogens is 280 g/mol. The van der Waals surface area contributed by atoms with Gasteiger partial charge in [-0.25, -0.2) is 0 Å². The number of benzene rings is 2. The number of hydrogen-bond acceptors (Lipinski definition) is 2. The van der Waals surface area contributed by atoms with Crippen molar-refractivity contribution in [1.29, 1.82) is 0 Å². The van der Waals surface area contributed by atoms with Gasteiger partial charge in [-0.3, -0.25) is 0 Å². The van der Waals surface area contributed by atoms with Gasteiger partial charge < -0.3 is 15.4 Å². The fraction of sp³-hybridized carbons (Fsp3) is 0.235. The second kappa shape index (κ2) is 6.59. The monoisotopic (exact) mass is 300 g/mol. The van der Waals surface area contributed by atoms with Crippen molar-refractivity contribution in [3.63, 3.8) is 0 Å². The first-order valence-electron chi connectivity index (χ1n) is 6.84. The molecule has 4 heteroatoms. The summed E-state index contributed by atoms with van der Waals surface area (Å²) >= 11 is 5.27. The number of nitrogens with one attached hydrogen (secondary N) is 2. The van der Waals surface area contributed by atoms with E-state index in [4.69, 9.17) is 17.0 Å². The van der Waals surface area contributed by atoms with Crippen molar-refractivity contribution >= 4 is 23.0 Å². The molecule has 0 aromatic heterocycles. The van der Waals surface area contributed by atoms with Crippen molar-refractivity contribution in [2.75, 3.05) is 5.32 Å². The molecular formula is C17H20N2OS. The highest BCUT2D eigenvalue weighted by Gasteiger charge is 2.10. The van der Waals surface area contributed by atoms with Crippen molar-refractivity contribution in [3.8, 4) is 11.5 Å². The molecule has 3 nitrogen and oxygen atoms in total. The van der Waals surface area contributed by atoms with Crippen LogP contribution in [0.3, 0.4) is 0 Å². The van der Waals surface area contributed by atoms with E-state index in [1.165, 1.54) is 0 Å². The Kier molecular flexibility index (Phi) is 4.81. The van der Waals surface area contributed by atoms with E-state index >= 15 is 0 Å². The van der Waals surface area contributed by atoms with Gasteiger partial charge in [-0.2, -0.15) is 0 Å². The van der Waals surface area contributed by atoms with E-state index in [9.17, 15) is 0 Å². The van der Waals surface area contributed by atoms with Crippen LogP contribution < -0.4 is 15.4 Å². The standard InChI is InChI=1S/C17H20N2OS/c1-17(2,3)19-16(21)18-13-9-11-15(12-10-13)20-14-7-5-4-6-8-14/h4-12H,1-3H3,(H2,18,19,21). The van der Waals surface area contributed by atoms with Gasteiger partial charge in [-0.1, -0.05) is 18.2 Å². The highest BCUT2D eigenvalue weighted by Crippen LogP contribution is 2.22. The van der Waals surface area contributed by atoms with Crippen LogP contribution in [0.5, 0.6) is 11.5 Å². The first kappa shape index (κ1) is 15.3. The predicted octanol–water partition coefficient (Wildman–Crippen LogP) is 4.56. The topological polar surface area (TPSA) is 33.3 Å². The summed E-state index contributed by atoms with van der Waals surface area (Å²) in [5, 5.41) is 6.98. The zero-order chi connectivity index (χ0) is 15.3. The van der Waals surface area contributed by atoms with Crippen LogP contribution in [0.25, 0.3) is 0 Å². The summed E-state index contributed by atoms with van der Waals surface area (Å²) in [6.45, 7) is 6.20. The van der Waals surface area contributed by atoms with E-state index in [0.717, 1.165) is 17.2 Å². The second-order valence-corrected chi connectivity index (χ2v) is 6.18. The van der Waals surface area contributed by atoms with Crippen LogP contribution in [0, 0.1) is 0 Å². The maximum atomic E-state index is 5.74. The number of para-hydroxylation sites is 1. The zero-order valence-electron chi connectivity index (χ0n) is 12.5. The van der Waals surface area contributed by atoms with Crippen molar-refractivity contribution in [3.05, 3.63) is 54.6 Å². The third-order valence-electron chi connectivity index (χ3n) is 2.58. The Morgan fingerprint density at radius 2 is 1.48 bits per heavy atom. The normalized spacial score (nSPS) is 10.8. The van der Waals surface area contributed by atoms with Crippen LogP contribution in [-0.4, -0.2) is 10.7 Å². The molecule has 110 valence electrons. The molecule has 0 amide bonds. The van der Waals surface area contributed by atoms with E-state index in [1.54, 1.807) is 0 Å². The fourth-order valence-electron chi connectivity index (χ4n) is 1.73. The summed E-state index contributed by atoms with van der Waals surface area (Å²) in [7, 11) is 0. The quantitative estimate of drug-likeness (QED) is 0.814. The molecule has 0 spiro atoms. The summed E-state index contributed by atoms with van der Waals surface area (Å²) in [5.41, 5.74) is 0.873. The third kappa shape index (κ3) is 5.44. The van der Waals surface area contributed by atoms with Gasteiger partial charge in [-0.05, 0) is 69.4 Å².